The van der Waals surface area contributed by atoms with Gasteiger partial charge in [0.05, 0.1) is 39.5 Å². The second-order valence-electron chi connectivity index (χ2n) is 11.9. The first-order chi connectivity index (χ1) is 23.8. The van der Waals surface area contributed by atoms with E-state index < -0.39 is 0 Å². The van der Waals surface area contributed by atoms with Crippen molar-refractivity contribution in [3.05, 3.63) is 158 Å². The Balaban J connectivity index is 1.36. The first-order valence-electron chi connectivity index (χ1n) is 16.0. The van der Waals surface area contributed by atoms with Crippen molar-refractivity contribution in [2.45, 2.75) is 0 Å². The largest absolute Gasteiger partial charge is 0.307 e. The Morgan fingerprint density at radius 1 is 0.438 bits per heavy atom. The molecule has 4 aromatic heterocycles. The predicted octanol–water partition coefficient (Wildman–Crippen LogP) is 9.92. The van der Waals surface area contributed by atoms with E-state index in [4.69, 9.17) is 15.0 Å². The van der Waals surface area contributed by atoms with Crippen LogP contribution in [-0.2, 0) is 0 Å². The average molecular weight is 615 g/mol. The van der Waals surface area contributed by atoms with Gasteiger partial charge in [0.25, 0.3) is 0 Å². The Morgan fingerprint density at radius 3 is 1.90 bits per heavy atom. The molecule has 0 saturated heterocycles. The second kappa shape index (κ2) is 10.4. The SMILES string of the molecule is c1ccc(-c2nc(-c3ccccc3)nc(-c3ccccc3-n3c4cccc5ccc6c7ccccc7n(c7cnccc73)c6c54)n2)cc1. The fourth-order valence-electron chi connectivity index (χ4n) is 7.16. The van der Waals surface area contributed by atoms with Crippen LogP contribution in [0, 0.1) is 0 Å². The van der Waals surface area contributed by atoms with Crippen molar-refractivity contribution in [2.24, 2.45) is 0 Å². The molecule has 0 aliphatic rings. The summed E-state index contributed by atoms with van der Waals surface area (Å²) in [6, 6.07) is 50.4. The molecule has 6 aromatic carbocycles. The summed E-state index contributed by atoms with van der Waals surface area (Å²) < 4.78 is 4.73. The number of benzene rings is 6. The van der Waals surface area contributed by atoms with Crippen LogP contribution in [0.1, 0.15) is 0 Å². The van der Waals surface area contributed by atoms with E-state index in [-0.39, 0.29) is 0 Å². The summed E-state index contributed by atoms with van der Waals surface area (Å²) in [5, 5.41) is 4.79. The summed E-state index contributed by atoms with van der Waals surface area (Å²) in [7, 11) is 0. The van der Waals surface area contributed by atoms with Gasteiger partial charge in [-0.05, 0) is 35.7 Å². The maximum Gasteiger partial charge on any atom is 0.166 e. The molecule has 0 fully saturated rings. The Bertz CT molecular complexity index is 2760. The predicted molar refractivity (Wildman–Crippen MR) is 194 cm³/mol. The lowest BCUT2D eigenvalue weighted by Crippen LogP contribution is -2.04. The standard InChI is InChI=1S/C42H26N6/c1-3-12-28(13-4-1)40-44-41(29-14-5-2-6-15-29)46-42(45-40)32-18-8-10-20-34(32)47-35-24-25-43-26-37(35)48-33-19-9-7-17-30(33)31-23-22-27-16-11-21-36(47)38(27)39(31)48/h1-26H. The number of pyridine rings is 1. The van der Waals surface area contributed by atoms with Gasteiger partial charge in [-0.3, -0.25) is 4.98 Å². The van der Waals surface area contributed by atoms with Gasteiger partial charge in [0.2, 0.25) is 0 Å². The molecule has 224 valence electrons. The number of nitrogens with zero attached hydrogens (tertiary/aromatic N) is 6. The highest BCUT2D eigenvalue weighted by atomic mass is 15.1. The van der Waals surface area contributed by atoms with E-state index in [2.05, 4.69) is 98.9 Å². The molecule has 10 aromatic rings. The van der Waals surface area contributed by atoms with Crippen LogP contribution < -0.4 is 0 Å². The lowest BCUT2D eigenvalue weighted by atomic mass is 10.0. The highest BCUT2D eigenvalue weighted by Gasteiger charge is 2.21. The average Bonchev–Trinajstić information content (AvgIpc) is 3.44. The molecule has 0 aliphatic heterocycles. The van der Waals surface area contributed by atoms with E-state index in [0.29, 0.717) is 17.5 Å². The number of hydrogen-bond donors (Lipinski definition) is 0. The number of aromatic nitrogens is 6. The van der Waals surface area contributed by atoms with Crippen molar-refractivity contribution >= 4 is 49.1 Å². The van der Waals surface area contributed by atoms with E-state index >= 15 is 0 Å². The minimum atomic E-state index is 0.605. The third-order valence-corrected chi connectivity index (χ3v) is 9.24. The van der Waals surface area contributed by atoms with Crippen molar-refractivity contribution in [1.29, 1.82) is 0 Å². The van der Waals surface area contributed by atoms with Crippen LogP contribution in [0.25, 0.3) is 89.0 Å². The zero-order valence-electron chi connectivity index (χ0n) is 25.7. The van der Waals surface area contributed by atoms with E-state index in [1.807, 2.05) is 73.1 Å². The molecular formula is C42H26N6. The molecular weight excluding hydrogens is 589 g/mol. The maximum absolute atomic E-state index is 5.13. The third-order valence-electron chi connectivity index (χ3n) is 9.24. The summed E-state index contributed by atoms with van der Waals surface area (Å²) in [5.41, 5.74) is 9.17. The Labute approximate surface area is 275 Å². The van der Waals surface area contributed by atoms with E-state index in [1.165, 1.54) is 27.1 Å². The fraction of sp³-hybridized carbons (Fsp3) is 0. The molecule has 0 saturated carbocycles. The van der Waals surface area contributed by atoms with Crippen LogP contribution in [-0.4, -0.2) is 28.9 Å². The zero-order chi connectivity index (χ0) is 31.6. The van der Waals surface area contributed by atoms with Crippen LogP contribution in [0.15, 0.2) is 158 Å². The smallest absolute Gasteiger partial charge is 0.166 e. The highest BCUT2D eigenvalue weighted by molar-refractivity contribution is 6.23. The van der Waals surface area contributed by atoms with Crippen LogP contribution in [0.4, 0.5) is 0 Å². The van der Waals surface area contributed by atoms with E-state index in [0.717, 1.165) is 44.4 Å². The summed E-state index contributed by atoms with van der Waals surface area (Å²) in [5.74, 6) is 1.86. The molecule has 0 spiro atoms. The summed E-state index contributed by atoms with van der Waals surface area (Å²) in [6.45, 7) is 0. The van der Waals surface area contributed by atoms with E-state index in [1.54, 1.807) is 0 Å². The first kappa shape index (κ1) is 26.5. The molecule has 0 aliphatic carbocycles. The summed E-state index contributed by atoms with van der Waals surface area (Å²) in [4.78, 5) is 19.9. The van der Waals surface area contributed by atoms with Gasteiger partial charge in [0.15, 0.2) is 17.5 Å². The molecule has 0 amide bonds. The van der Waals surface area contributed by atoms with E-state index in [9.17, 15) is 0 Å². The van der Waals surface area contributed by atoms with Crippen molar-refractivity contribution in [3.8, 4) is 39.9 Å². The van der Waals surface area contributed by atoms with Crippen LogP contribution in [0.5, 0.6) is 0 Å². The number of para-hydroxylation sites is 2. The molecule has 0 bridgehead atoms. The van der Waals surface area contributed by atoms with Crippen molar-refractivity contribution in [3.63, 3.8) is 0 Å². The van der Waals surface area contributed by atoms with Gasteiger partial charge >= 0.3 is 0 Å². The number of hydrogen-bond acceptors (Lipinski definition) is 4. The normalized spacial score (nSPS) is 11.8. The molecule has 48 heavy (non-hydrogen) atoms. The van der Waals surface area contributed by atoms with Crippen LogP contribution in [0.2, 0.25) is 0 Å². The monoisotopic (exact) mass is 614 g/mol. The minimum Gasteiger partial charge on any atom is -0.307 e. The minimum absolute atomic E-state index is 0.605. The van der Waals surface area contributed by atoms with Gasteiger partial charge in [-0.15, -0.1) is 0 Å². The topological polar surface area (TPSA) is 60.9 Å². The molecule has 0 N–H and O–H groups in total. The van der Waals surface area contributed by atoms with Gasteiger partial charge in [0.1, 0.15) is 0 Å². The molecule has 6 nitrogen and oxygen atoms in total. The summed E-state index contributed by atoms with van der Waals surface area (Å²) in [6.07, 6.45) is 3.85. The van der Waals surface area contributed by atoms with Crippen molar-refractivity contribution < 1.29 is 0 Å². The number of rotatable bonds is 4. The summed E-state index contributed by atoms with van der Waals surface area (Å²) >= 11 is 0. The van der Waals surface area contributed by atoms with Gasteiger partial charge in [-0.25, -0.2) is 15.0 Å². The highest BCUT2D eigenvalue weighted by Crippen LogP contribution is 2.40. The molecule has 10 rings (SSSR count). The maximum atomic E-state index is 5.13. The Hall–Kier alpha value is -6.66. The van der Waals surface area contributed by atoms with Gasteiger partial charge < -0.3 is 8.97 Å². The second-order valence-corrected chi connectivity index (χ2v) is 11.9. The lowest BCUT2D eigenvalue weighted by molar-refractivity contribution is 1.06. The molecule has 4 heterocycles. The van der Waals surface area contributed by atoms with Gasteiger partial charge in [-0.1, -0.05) is 115 Å². The Kier molecular flexibility index (Phi) is 5.77. The quantitative estimate of drug-likeness (QED) is 0.198. The lowest BCUT2D eigenvalue weighted by Gasteiger charge is -2.16. The Morgan fingerprint density at radius 2 is 1.10 bits per heavy atom. The van der Waals surface area contributed by atoms with Crippen LogP contribution in [0.3, 0.4) is 0 Å². The van der Waals surface area contributed by atoms with Crippen LogP contribution >= 0.6 is 0 Å². The van der Waals surface area contributed by atoms with Crippen molar-refractivity contribution in [1.82, 2.24) is 28.9 Å². The van der Waals surface area contributed by atoms with Crippen molar-refractivity contribution in [2.75, 3.05) is 0 Å². The van der Waals surface area contributed by atoms with Gasteiger partial charge in [0, 0.05) is 39.0 Å². The first-order valence-corrected chi connectivity index (χ1v) is 16.0. The van der Waals surface area contributed by atoms with Gasteiger partial charge in [-0.2, -0.15) is 0 Å². The molecule has 0 radical (unpaired) electrons. The fourth-order valence-corrected chi connectivity index (χ4v) is 7.16. The zero-order valence-corrected chi connectivity index (χ0v) is 25.7. The molecule has 0 unspecified atom stereocenters. The number of fused-ring (bicyclic) bond motifs is 5. The molecule has 0 atom stereocenters. The third kappa shape index (κ3) is 3.93. The molecule has 6 heteroatoms.